The number of rotatable bonds is 5. The highest BCUT2D eigenvalue weighted by Gasteiger charge is 2.31. The molecule has 1 saturated heterocycles. The van der Waals surface area contributed by atoms with Crippen LogP contribution in [-0.4, -0.2) is 26.8 Å². The molecule has 0 N–H and O–H groups in total. The summed E-state index contributed by atoms with van der Waals surface area (Å²) in [6.45, 7) is 2.05. The zero-order valence-corrected chi connectivity index (χ0v) is 14.6. The van der Waals surface area contributed by atoms with Gasteiger partial charge in [-0.1, -0.05) is 18.2 Å². The van der Waals surface area contributed by atoms with Gasteiger partial charge < -0.3 is 0 Å². The molecule has 3 rings (SSSR count). The molecule has 6 nitrogen and oxygen atoms in total. The number of hydrogen-bond donors (Lipinski definition) is 0. The molecule has 1 heterocycles. The Kier molecular flexibility index (Phi) is 4.59. The van der Waals surface area contributed by atoms with Crippen LogP contribution >= 0.6 is 0 Å². The summed E-state index contributed by atoms with van der Waals surface area (Å²) in [4.78, 5) is 24.8. The highest BCUT2D eigenvalue weighted by atomic mass is 32.2. The minimum Gasteiger partial charge on any atom is -0.274 e. The van der Waals surface area contributed by atoms with Crippen LogP contribution in [0.3, 0.4) is 0 Å². The van der Waals surface area contributed by atoms with Crippen LogP contribution in [0.1, 0.15) is 19.8 Å². The number of para-hydroxylation sites is 1. The van der Waals surface area contributed by atoms with Gasteiger partial charge in [0.25, 0.3) is 10.0 Å². The molecule has 130 valence electrons. The lowest BCUT2D eigenvalue weighted by Crippen LogP contribution is -2.31. The van der Waals surface area contributed by atoms with Gasteiger partial charge in [-0.15, -0.1) is 0 Å². The Morgan fingerprint density at radius 1 is 0.920 bits per heavy atom. The molecule has 0 radical (unpaired) electrons. The quantitative estimate of drug-likeness (QED) is 0.770. The van der Waals surface area contributed by atoms with Crippen LogP contribution in [0.4, 0.5) is 11.4 Å². The molecule has 0 unspecified atom stereocenters. The van der Waals surface area contributed by atoms with Crippen molar-refractivity contribution in [3.05, 3.63) is 54.6 Å². The fourth-order valence-corrected chi connectivity index (χ4v) is 4.32. The van der Waals surface area contributed by atoms with E-state index in [4.69, 9.17) is 0 Å². The lowest BCUT2D eigenvalue weighted by molar-refractivity contribution is -0.121. The molecule has 0 spiro atoms. The van der Waals surface area contributed by atoms with Crippen molar-refractivity contribution < 1.29 is 18.0 Å². The van der Waals surface area contributed by atoms with Crippen LogP contribution < -0.4 is 9.21 Å². The number of amides is 2. The molecule has 25 heavy (non-hydrogen) atoms. The third kappa shape index (κ3) is 3.15. The number of nitrogens with zero attached hydrogens (tertiary/aromatic N) is 2. The van der Waals surface area contributed by atoms with Gasteiger partial charge in [-0.3, -0.25) is 18.8 Å². The fraction of sp³-hybridized carbons (Fsp3) is 0.222. The normalized spacial score (nSPS) is 14.8. The summed E-state index contributed by atoms with van der Waals surface area (Å²) in [6.07, 6.45) is 0.382. The van der Waals surface area contributed by atoms with Crippen molar-refractivity contribution in [3.8, 4) is 0 Å². The maximum absolute atomic E-state index is 12.9. The molecule has 1 aliphatic rings. The Hall–Kier alpha value is -2.67. The van der Waals surface area contributed by atoms with Crippen molar-refractivity contribution >= 4 is 33.2 Å². The van der Waals surface area contributed by atoms with Gasteiger partial charge in [0.2, 0.25) is 11.8 Å². The van der Waals surface area contributed by atoms with E-state index >= 15 is 0 Å². The zero-order valence-electron chi connectivity index (χ0n) is 13.8. The van der Waals surface area contributed by atoms with Crippen LogP contribution in [0.15, 0.2) is 59.5 Å². The molecule has 2 amide bonds. The Bertz CT molecular complexity index is 876. The largest absolute Gasteiger partial charge is 0.274 e. The highest BCUT2D eigenvalue weighted by molar-refractivity contribution is 7.92. The molecule has 7 heteroatoms. The number of benzene rings is 2. The molecule has 2 aromatic carbocycles. The summed E-state index contributed by atoms with van der Waals surface area (Å²) in [5.41, 5.74) is 0.980. The maximum Gasteiger partial charge on any atom is 0.264 e. The summed E-state index contributed by atoms with van der Waals surface area (Å²) in [5, 5.41) is 0. The van der Waals surface area contributed by atoms with Crippen molar-refractivity contribution in [2.75, 3.05) is 15.7 Å². The third-order valence-electron chi connectivity index (χ3n) is 4.07. The van der Waals surface area contributed by atoms with Crippen LogP contribution in [0.5, 0.6) is 0 Å². The van der Waals surface area contributed by atoms with Crippen molar-refractivity contribution in [1.82, 2.24) is 0 Å². The van der Waals surface area contributed by atoms with Crippen molar-refractivity contribution in [3.63, 3.8) is 0 Å². The number of sulfonamides is 1. The monoisotopic (exact) mass is 358 g/mol. The molecule has 0 saturated carbocycles. The summed E-state index contributed by atoms with van der Waals surface area (Å²) in [5.74, 6) is -0.528. The standard InChI is InChI=1S/C18H18N2O4S/c1-2-19(14-6-4-3-5-7-14)25(23,24)16-10-8-15(9-11-16)20-17(21)12-13-18(20)22/h3-11H,2,12-13H2,1H3. The summed E-state index contributed by atoms with van der Waals surface area (Å²) in [6, 6.07) is 14.7. The SMILES string of the molecule is CCN(c1ccccc1)S(=O)(=O)c1ccc(N2C(=O)CCC2=O)cc1. The van der Waals surface area contributed by atoms with E-state index in [9.17, 15) is 18.0 Å². The van der Waals surface area contributed by atoms with Crippen molar-refractivity contribution in [1.29, 1.82) is 0 Å². The van der Waals surface area contributed by atoms with Crippen LogP contribution in [0, 0.1) is 0 Å². The lowest BCUT2D eigenvalue weighted by Gasteiger charge is -2.23. The highest BCUT2D eigenvalue weighted by Crippen LogP contribution is 2.27. The molecule has 1 aliphatic heterocycles. The second-order valence-corrected chi connectivity index (χ2v) is 7.48. The predicted octanol–water partition coefficient (Wildman–Crippen LogP) is 2.56. The maximum atomic E-state index is 12.9. The average molecular weight is 358 g/mol. The van der Waals surface area contributed by atoms with E-state index in [0.29, 0.717) is 11.4 Å². The molecule has 0 bridgehead atoms. The number of imide groups is 1. The Labute approximate surface area is 146 Å². The van der Waals surface area contributed by atoms with Gasteiger partial charge in [-0.05, 0) is 43.3 Å². The first-order valence-corrected chi connectivity index (χ1v) is 9.43. The van der Waals surface area contributed by atoms with Crippen LogP contribution in [0.2, 0.25) is 0 Å². The van der Waals surface area contributed by atoms with E-state index in [1.807, 2.05) is 6.07 Å². The average Bonchev–Trinajstić information content (AvgIpc) is 2.95. The van der Waals surface area contributed by atoms with Gasteiger partial charge in [-0.2, -0.15) is 0 Å². The first-order chi connectivity index (χ1) is 11.9. The van der Waals surface area contributed by atoms with E-state index < -0.39 is 10.0 Å². The topological polar surface area (TPSA) is 74.8 Å². The molecule has 2 aromatic rings. The minimum atomic E-state index is -3.73. The molecule has 0 aromatic heterocycles. The number of anilines is 2. The molecule has 0 aliphatic carbocycles. The first kappa shape index (κ1) is 17.2. The van der Waals surface area contributed by atoms with E-state index in [2.05, 4.69) is 0 Å². The number of carbonyl (C=O) groups excluding carboxylic acids is 2. The number of hydrogen-bond acceptors (Lipinski definition) is 4. The van der Waals surface area contributed by atoms with Gasteiger partial charge >= 0.3 is 0 Å². The molecular weight excluding hydrogens is 340 g/mol. The van der Waals surface area contributed by atoms with Gasteiger partial charge in [0.05, 0.1) is 16.3 Å². The Balaban J connectivity index is 1.93. The van der Waals surface area contributed by atoms with E-state index in [0.717, 1.165) is 4.90 Å². The minimum absolute atomic E-state index is 0.112. The van der Waals surface area contributed by atoms with Crippen LogP contribution in [0.25, 0.3) is 0 Å². The lowest BCUT2D eigenvalue weighted by atomic mass is 10.3. The number of carbonyl (C=O) groups is 2. The first-order valence-electron chi connectivity index (χ1n) is 7.99. The van der Waals surface area contributed by atoms with Crippen molar-refractivity contribution in [2.45, 2.75) is 24.7 Å². The second-order valence-electron chi connectivity index (χ2n) is 5.62. The Morgan fingerprint density at radius 2 is 1.48 bits per heavy atom. The zero-order chi connectivity index (χ0) is 18.0. The van der Waals surface area contributed by atoms with E-state index in [1.54, 1.807) is 31.2 Å². The summed E-state index contributed by atoms with van der Waals surface area (Å²) in [7, 11) is -3.73. The van der Waals surface area contributed by atoms with Gasteiger partial charge in [0, 0.05) is 19.4 Å². The van der Waals surface area contributed by atoms with Crippen molar-refractivity contribution in [2.24, 2.45) is 0 Å². The summed E-state index contributed by atoms with van der Waals surface area (Å²) >= 11 is 0. The molecule has 1 fully saturated rings. The van der Waals surface area contributed by atoms with Gasteiger partial charge in [0.15, 0.2) is 0 Å². The van der Waals surface area contributed by atoms with Crippen LogP contribution in [-0.2, 0) is 19.6 Å². The smallest absolute Gasteiger partial charge is 0.264 e. The Morgan fingerprint density at radius 3 is 2.00 bits per heavy atom. The van der Waals surface area contributed by atoms with Gasteiger partial charge in [0.1, 0.15) is 0 Å². The van der Waals surface area contributed by atoms with E-state index in [-0.39, 0.29) is 36.1 Å². The third-order valence-corrected chi connectivity index (χ3v) is 5.98. The molecule has 0 atom stereocenters. The predicted molar refractivity (Wildman–Crippen MR) is 94.8 cm³/mol. The molecular formula is C18H18N2O4S. The van der Waals surface area contributed by atoms with E-state index in [1.165, 1.54) is 28.6 Å². The fourth-order valence-electron chi connectivity index (χ4n) is 2.84. The summed E-state index contributed by atoms with van der Waals surface area (Å²) < 4.78 is 27.1. The second kappa shape index (κ2) is 6.68. The van der Waals surface area contributed by atoms with Gasteiger partial charge in [-0.25, -0.2) is 8.42 Å².